The second-order valence-electron chi connectivity index (χ2n) is 5.81. The summed E-state index contributed by atoms with van der Waals surface area (Å²) >= 11 is 0. The van der Waals surface area contributed by atoms with Crippen molar-refractivity contribution in [1.29, 1.82) is 0 Å². The molecule has 0 radical (unpaired) electrons. The molecule has 13 heteroatoms. The summed E-state index contributed by atoms with van der Waals surface area (Å²) in [5.74, 6) is -1.86. The largest absolute Gasteiger partial charge is 0.480 e. The molecule has 0 bridgehead atoms. The number of rotatable bonds is 8. The SMILES string of the molecule is N[C@]1(C(=O)O)CN(S(=O)(=O)Nc2cc[nH]n2)C[C@H]1CCCB(O)O. The molecule has 2 heterocycles. The lowest BCUT2D eigenvalue weighted by atomic mass is 9.78. The normalized spacial score (nSPS) is 24.9. The van der Waals surface area contributed by atoms with Crippen LogP contribution in [0, 0.1) is 5.92 Å². The third-order valence-electron chi connectivity index (χ3n) is 4.08. The minimum atomic E-state index is -4.00. The number of aliphatic carboxylic acids is 1. The molecule has 2 atom stereocenters. The van der Waals surface area contributed by atoms with E-state index in [4.69, 9.17) is 15.8 Å². The van der Waals surface area contributed by atoms with E-state index in [1.54, 1.807) is 0 Å². The summed E-state index contributed by atoms with van der Waals surface area (Å²) in [6.45, 7) is -0.460. The number of H-pyrrole nitrogens is 1. The molecule has 1 aromatic rings. The third-order valence-corrected chi connectivity index (χ3v) is 5.50. The van der Waals surface area contributed by atoms with Crippen LogP contribution in [0.15, 0.2) is 12.3 Å². The van der Waals surface area contributed by atoms with E-state index in [2.05, 4.69) is 14.9 Å². The van der Waals surface area contributed by atoms with Crippen LogP contribution in [0.2, 0.25) is 6.32 Å². The second kappa shape index (κ2) is 7.07. The molecule has 0 aromatic carbocycles. The van der Waals surface area contributed by atoms with Crippen molar-refractivity contribution in [2.75, 3.05) is 17.8 Å². The van der Waals surface area contributed by atoms with Gasteiger partial charge < -0.3 is 20.9 Å². The van der Waals surface area contributed by atoms with Crippen molar-refractivity contribution in [2.24, 2.45) is 11.7 Å². The number of nitrogens with one attached hydrogen (secondary N) is 2. The first kappa shape index (κ1) is 18.7. The van der Waals surface area contributed by atoms with Crippen LogP contribution in [-0.2, 0) is 15.0 Å². The highest BCUT2D eigenvalue weighted by atomic mass is 32.2. The molecular formula is C11H20BN5O6S. The van der Waals surface area contributed by atoms with Crippen molar-refractivity contribution in [2.45, 2.75) is 24.7 Å². The zero-order valence-corrected chi connectivity index (χ0v) is 13.6. The fraction of sp³-hybridized carbons (Fsp3) is 0.636. The summed E-state index contributed by atoms with van der Waals surface area (Å²) in [5.41, 5.74) is 4.21. The highest BCUT2D eigenvalue weighted by Crippen LogP contribution is 2.32. The van der Waals surface area contributed by atoms with Gasteiger partial charge in [-0.2, -0.15) is 17.8 Å². The van der Waals surface area contributed by atoms with Crippen LogP contribution in [-0.4, -0.2) is 69.8 Å². The minimum absolute atomic E-state index is 0.0600. The lowest BCUT2D eigenvalue weighted by Crippen LogP contribution is -2.55. The zero-order valence-electron chi connectivity index (χ0n) is 12.8. The number of hydrogen-bond donors (Lipinski definition) is 6. The Balaban J connectivity index is 2.11. The fourth-order valence-electron chi connectivity index (χ4n) is 2.73. The number of nitrogens with two attached hydrogens (primary N) is 1. The van der Waals surface area contributed by atoms with Gasteiger partial charge in [-0.1, -0.05) is 6.42 Å². The van der Waals surface area contributed by atoms with Gasteiger partial charge in [-0.3, -0.25) is 14.6 Å². The Morgan fingerprint density at radius 1 is 1.58 bits per heavy atom. The van der Waals surface area contributed by atoms with E-state index in [1.165, 1.54) is 12.3 Å². The molecule has 1 aliphatic heterocycles. The van der Waals surface area contributed by atoms with E-state index in [0.29, 0.717) is 6.42 Å². The van der Waals surface area contributed by atoms with Crippen molar-refractivity contribution < 1.29 is 28.4 Å². The molecule has 0 spiro atoms. The second-order valence-corrected chi connectivity index (χ2v) is 7.48. The number of carbonyl (C=O) groups is 1. The van der Waals surface area contributed by atoms with Gasteiger partial charge in [0.1, 0.15) is 5.54 Å². The number of aromatic amines is 1. The molecular weight excluding hydrogens is 341 g/mol. The molecule has 1 saturated heterocycles. The maximum absolute atomic E-state index is 12.4. The fourth-order valence-corrected chi connectivity index (χ4v) is 4.00. The first-order valence-corrected chi connectivity index (χ1v) is 8.75. The number of anilines is 1. The molecule has 11 nitrogen and oxygen atoms in total. The van der Waals surface area contributed by atoms with Gasteiger partial charge in [-0.15, -0.1) is 0 Å². The predicted octanol–water partition coefficient (Wildman–Crippen LogP) is -1.97. The van der Waals surface area contributed by atoms with Gasteiger partial charge in [0.2, 0.25) is 0 Å². The molecule has 7 N–H and O–H groups in total. The van der Waals surface area contributed by atoms with Gasteiger partial charge >= 0.3 is 23.3 Å². The number of carboxylic acid groups (broad SMARTS) is 1. The average molecular weight is 361 g/mol. The predicted molar refractivity (Wildman–Crippen MR) is 85.0 cm³/mol. The quantitative estimate of drug-likeness (QED) is 0.288. The van der Waals surface area contributed by atoms with Gasteiger partial charge in [-0.05, 0) is 12.7 Å². The molecule has 24 heavy (non-hydrogen) atoms. The molecule has 1 aromatic heterocycles. The van der Waals surface area contributed by atoms with Gasteiger partial charge in [0.25, 0.3) is 0 Å². The topological polar surface area (TPSA) is 182 Å². The van der Waals surface area contributed by atoms with Crippen molar-refractivity contribution in [3.8, 4) is 0 Å². The highest BCUT2D eigenvalue weighted by molar-refractivity contribution is 7.90. The summed E-state index contributed by atoms with van der Waals surface area (Å²) in [6, 6.07) is 1.42. The Morgan fingerprint density at radius 2 is 2.29 bits per heavy atom. The van der Waals surface area contributed by atoms with E-state index < -0.39 is 34.8 Å². The van der Waals surface area contributed by atoms with Crippen molar-refractivity contribution in [3.05, 3.63) is 12.3 Å². The molecule has 1 fully saturated rings. The molecule has 0 aliphatic carbocycles. The third kappa shape index (κ3) is 4.05. The van der Waals surface area contributed by atoms with E-state index >= 15 is 0 Å². The monoisotopic (exact) mass is 361 g/mol. The average Bonchev–Trinajstić information content (AvgIpc) is 3.07. The lowest BCUT2D eigenvalue weighted by Gasteiger charge is -2.25. The van der Waals surface area contributed by atoms with Crippen molar-refractivity contribution >= 4 is 29.1 Å². The van der Waals surface area contributed by atoms with Crippen LogP contribution in [0.5, 0.6) is 0 Å². The number of carboxylic acids is 1. The Bertz CT molecular complexity index is 668. The van der Waals surface area contributed by atoms with Gasteiger partial charge in [-0.25, -0.2) is 0 Å². The molecule has 0 unspecified atom stereocenters. The van der Waals surface area contributed by atoms with Crippen LogP contribution >= 0.6 is 0 Å². The molecule has 134 valence electrons. The first-order valence-electron chi connectivity index (χ1n) is 7.31. The molecule has 0 amide bonds. The highest BCUT2D eigenvalue weighted by Gasteiger charge is 2.52. The van der Waals surface area contributed by atoms with E-state index in [-0.39, 0.29) is 31.6 Å². The van der Waals surface area contributed by atoms with Crippen LogP contribution in [0.1, 0.15) is 12.8 Å². The number of aromatic nitrogens is 2. The van der Waals surface area contributed by atoms with Gasteiger partial charge in [0.15, 0.2) is 5.82 Å². The van der Waals surface area contributed by atoms with E-state index in [1.807, 2.05) is 0 Å². The van der Waals surface area contributed by atoms with Crippen LogP contribution < -0.4 is 10.5 Å². The summed E-state index contributed by atoms with van der Waals surface area (Å²) < 4.78 is 27.9. The van der Waals surface area contributed by atoms with Crippen LogP contribution in [0.25, 0.3) is 0 Å². The maximum atomic E-state index is 12.4. The zero-order chi connectivity index (χ0) is 18.0. The smallest absolute Gasteiger partial charge is 0.451 e. The maximum Gasteiger partial charge on any atom is 0.451 e. The Hall–Kier alpha value is -1.67. The lowest BCUT2D eigenvalue weighted by molar-refractivity contribution is -0.144. The summed E-state index contributed by atoms with van der Waals surface area (Å²) in [5, 5.41) is 33.3. The van der Waals surface area contributed by atoms with Gasteiger partial charge in [0.05, 0.1) is 0 Å². The molecule has 0 saturated carbocycles. The summed E-state index contributed by atoms with van der Waals surface area (Å²) in [7, 11) is -5.50. The van der Waals surface area contributed by atoms with E-state index in [0.717, 1.165) is 4.31 Å². The molecule has 2 rings (SSSR count). The van der Waals surface area contributed by atoms with Crippen molar-refractivity contribution in [3.63, 3.8) is 0 Å². The van der Waals surface area contributed by atoms with Crippen LogP contribution in [0.4, 0.5) is 5.82 Å². The van der Waals surface area contributed by atoms with Gasteiger partial charge in [0, 0.05) is 31.3 Å². The Labute approximate surface area is 139 Å². The Kier molecular flexibility index (Phi) is 5.50. The number of nitrogens with zero attached hydrogens (tertiary/aromatic N) is 2. The molecule has 1 aliphatic rings. The number of hydrogen-bond acceptors (Lipinski definition) is 7. The summed E-state index contributed by atoms with van der Waals surface area (Å²) in [6.07, 6.45) is 2.07. The van der Waals surface area contributed by atoms with Crippen LogP contribution in [0.3, 0.4) is 0 Å². The van der Waals surface area contributed by atoms with Crippen molar-refractivity contribution in [1.82, 2.24) is 14.5 Å². The Morgan fingerprint density at radius 3 is 2.83 bits per heavy atom. The van der Waals surface area contributed by atoms with E-state index in [9.17, 15) is 18.3 Å². The minimum Gasteiger partial charge on any atom is -0.480 e. The standard InChI is InChI=1S/C11H20BN5O6S/c13-11(10(18)19)7-17(6-8(11)2-1-4-12(20)21)24(22,23)16-9-3-5-14-15-9/h3,5,8,20-21H,1-2,4,6-7,13H2,(H,18,19)(H2,14,15,16)/t8-,11-/m1/s1. The summed E-state index contributed by atoms with van der Waals surface area (Å²) in [4.78, 5) is 11.5. The first-order chi connectivity index (χ1) is 11.1.